The number of carbonyl (C=O) groups excluding carboxylic acids is 1. The van der Waals surface area contributed by atoms with E-state index in [1.165, 1.54) is 6.92 Å². The van der Waals surface area contributed by atoms with Gasteiger partial charge in [-0.15, -0.1) is 0 Å². The van der Waals surface area contributed by atoms with Crippen molar-refractivity contribution >= 4 is 5.91 Å². The molecule has 1 amide bonds. The second-order valence-electron chi connectivity index (χ2n) is 5.04. The van der Waals surface area contributed by atoms with Crippen LogP contribution < -0.4 is 16.4 Å². The van der Waals surface area contributed by atoms with Gasteiger partial charge in [-0.3, -0.25) is 4.79 Å². The van der Waals surface area contributed by atoms with Crippen molar-refractivity contribution in [3.05, 3.63) is 12.2 Å². The van der Waals surface area contributed by atoms with Crippen LogP contribution in [0.25, 0.3) is 0 Å². The van der Waals surface area contributed by atoms with Crippen molar-refractivity contribution in [1.29, 1.82) is 0 Å². The van der Waals surface area contributed by atoms with E-state index in [4.69, 9.17) is 5.73 Å². The molecule has 130 valence electrons. The molecule has 22 heavy (non-hydrogen) atoms. The van der Waals surface area contributed by atoms with Crippen molar-refractivity contribution < 1.29 is 30.3 Å². The van der Waals surface area contributed by atoms with Crippen molar-refractivity contribution in [3.8, 4) is 0 Å². The predicted molar refractivity (Wildman–Crippen MR) is 79.8 cm³/mol. The summed E-state index contributed by atoms with van der Waals surface area (Å²) < 4.78 is 0. The third kappa shape index (κ3) is 6.79. The van der Waals surface area contributed by atoms with Crippen molar-refractivity contribution in [2.75, 3.05) is 26.2 Å². The lowest BCUT2D eigenvalue weighted by Crippen LogP contribution is -2.54. The molecule has 1 unspecified atom stereocenters. The fourth-order valence-electron chi connectivity index (χ4n) is 1.63. The molecule has 0 aliphatic carbocycles. The van der Waals surface area contributed by atoms with Crippen LogP contribution in [0.2, 0.25) is 0 Å². The number of hydrogen-bond donors (Lipinski definition) is 8. The molecule has 0 aromatic rings. The molecule has 0 radical (unpaired) electrons. The van der Waals surface area contributed by atoms with E-state index < -0.39 is 36.4 Å². The third-order valence-corrected chi connectivity index (χ3v) is 3.04. The third-order valence-electron chi connectivity index (χ3n) is 3.04. The number of amides is 1. The van der Waals surface area contributed by atoms with Crippen LogP contribution in [0.3, 0.4) is 0 Å². The normalized spacial score (nSPS) is 18.1. The van der Waals surface area contributed by atoms with Crippen molar-refractivity contribution in [3.63, 3.8) is 0 Å². The second kappa shape index (κ2) is 10.6. The molecule has 9 N–H and O–H groups in total. The second-order valence-corrected chi connectivity index (χ2v) is 5.04. The molecule has 9 nitrogen and oxygen atoms in total. The van der Waals surface area contributed by atoms with E-state index >= 15 is 0 Å². The average molecular weight is 321 g/mol. The zero-order valence-corrected chi connectivity index (χ0v) is 12.6. The quantitative estimate of drug-likeness (QED) is 0.141. The van der Waals surface area contributed by atoms with Gasteiger partial charge in [0.25, 0.3) is 5.91 Å². The highest BCUT2D eigenvalue weighted by molar-refractivity contribution is 5.81. The van der Waals surface area contributed by atoms with Gasteiger partial charge in [0.2, 0.25) is 0 Å². The molecule has 0 heterocycles. The lowest BCUT2D eigenvalue weighted by Gasteiger charge is -2.28. The number of rotatable bonds is 11. The lowest BCUT2D eigenvalue weighted by atomic mass is 9.96. The van der Waals surface area contributed by atoms with Gasteiger partial charge in [0.15, 0.2) is 6.10 Å². The Hall–Kier alpha value is -1.07. The molecule has 9 heteroatoms. The maximum Gasteiger partial charge on any atom is 0.251 e. The zero-order chi connectivity index (χ0) is 17.3. The van der Waals surface area contributed by atoms with E-state index in [-0.39, 0.29) is 12.1 Å². The van der Waals surface area contributed by atoms with Crippen LogP contribution in [-0.4, -0.2) is 88.1 Å². The first-order valence-electron chi connectivity index (χ1n) is 6.98. The van der Waals surface area contributed by atoms with Gasteiger partial charge >= 0.3 is 0 Å². The Morgan fingerprint density at radius 2 is 1.55 bits per heavy atom. The van der Waals surface area contributed by atoms with Gasteiger partial charge in [-0.05, 0) is 12.5 Å². The summed E-state index contributed by atoms with van der Waals surface area (Å²) in [6, 6.07) is 0. The van der Waals surface area contributed by atoms with E-state index in [1.807, 2.05) is 0 Å². The molecule has 0 aromatic carbocycles. The molecule has 0 aromatic heterocycles. The van der Waals surface area contributed by atoms with Crippen molar-refractivity contribution in [2.45, 2.75) is 37.4 Å². The molecule has 0 aliphatic heterocycles. The summed E-state index contributed by atoms with van der Waals surface area (Å²) >= 11 is 0. The molecule has 0 fully saturated rings. The first-order valence-corrected chi connectivity index (χ1v) is 6.98. The standard InChI is InChI=1S/C13H27N3O6/c1-7(2)8(17)9(18)10(19)11(20)12(21)13(22)16-6-5-15-4-3-14/h8-12,15,17-21H,1,3-6,14H2,2H3,(H,16,22)/t8?,9-,10+,11+,12-/m0/s1. The minimum Gasteiger partial charge on any atom is -0.387 e. The Kier molecular flexibility index (Phi) is 10.1. The van der Waals surface area contributed by atoms with E-state index in [1.54, 1.807) is 0 Å². The Labute approximate surface area is 129 Å². The van der Waals surface area contributed by atoms with Crippen LogP contribution in [0.4, 0.5) is 0 Å². The Balaban J connectivity index is 4.35. The molecule has 0 saturated carbocycles. The Morgan fingerprint density at radius 1 is 1.00 bits per heavy atom. The topological polar surface area (TPSA) is 168 Å². The molecule has 0 saturated heterocycles. The average Bonchev–Trinajstić information content (AvgIpc) is 2.50. The molecule has 0 spiro atoms. The first kappa shape index (κ1) is 20.9. The Bertz CT molecular complexity index is 355. The van der Waals surface area contributed by atoms with Gasteiger partial charge in [-0.2, -0.15) is 0 Å². The van der Waals surface area contributed by atoms with Crippen LogP contribution in [0.5, 0.6) is 0 Å². The van der Waals surface area contributed by atoms with E-state index in [0.29, 0.717) is 19.6 Å². The van der Waals surface area contributed by atoms with E-state index in [9.17, 15) is 30.3 Å². The molecule has 0 bridgehead atoms. The molecule has 5 atom stereocenters. The van der Waals surface area contributed by atoms with Crippen LogP contribution in [-0.2, 0) is 4.79 Å². The zero-order valence-electron chi connectivity index (χ0n) is 12.6. The number of aliphatic hydroxyl groups excluding tert-OH is 5. The van der Waals surface area contributed by atoms with Crippen LogP contribution in [0.1, 0.15) is 6.92 Å². The lowest BCUT2D eigenvalue weighted by molar-refractivity contribution is -0.152. The van der Waals surface area contributed by atoms with Crippen LogP contribution in [0, 0.1) is 0 Å². The number of aliphatic hydroxyl groups is 5. The minimum atomic E-state index is -1.96. The maximum absolute atomic E-state index is 11.6. The highest BCUT2D eigenvalue weighted by Gasteiger charge is 2.37. The highest BCUT2D eigenvalue weighted by Crippen LogP contribution is 2.12. The largest absolute Gasteiger partial charge is 0.387 e. The summed E-state index contributed by atoms with van der Waals surface area (Å²) in [5.41, 5.74) is 5.43. The van der Waals surface area contributed by atoms with E-state index in [0.717, 1.165) is 0 Å². The molecule has 0 rings (SSSR count). The van der Waals surface area contributed by atoms with Gasteiger partial charge in [-0.1, -0.05) is 6.58 Å². The Morgan fingerprint density at radius 3 is 2.05 bits per heavy atom. The number of nitrogens with two attached hydrogens (primary N) is 1. The van der Waals surface area contributed by atoms with Crippen LogP contribution >= 0.6 is 0 Å². The predicted octanol–water partition coefficient (Wildman–Crippen LogP) is -3.97. The number of nitrogens with one attached hydrogen (secondary N) is 2. The summed E-state index contributed by atoms with van der Waals surface area (Å²) in [5, 5.41) is 53.5. The number of carbonyl (C=O) groups is 1. The van der Waals surface area contributed by atoms with Crippen LogP contribution in [0.15, 0.2) is 12.2 Å². The fourth-order valence-corrected chi connectivity index (χ4v) is 1.63. The van der Waals surface area contributed by atoms with Gasteiger partial charge in [-0.25, -0.2) is 0 Å². The summed E-state index contributed by atoms with van der Waals surface area (Å²) in [5.74, 6) is -0.905. The minimum absolute atomic E-state index is 0.170. The monoisotopic (exact) mass is 321 g/mol. The summed E-state index contributed by atoms with van der Waals surface area (Å²) in [6.45, 7) is 6.46. The van der Waals surface area contributed by atoms with Crippen molar-refractivity contribution in [1.82, 2.24) is 10.6 Å². The van der Waals surface area contributed by atoms with Gasteiger partial charge in [0, 0.05) is 26.2 Å². The summed E-state index contributed by atoms with van der Waals surface area (Å²) in [6.07, 6.45) is -9.08. The highest BCUT2D eigenvalue weighted by atomic mass is 16.4. The fraction of sp³-hybridized carbons (Fsp3) is 0.769. The molecular formula is C13H27N3O6. The van der Waals surface area contributed by atoms with Gasteiger partial charge < -0.3 is 41.9 Å². The molecular weight excluding hydrogens is 294 g/mol. The number of hydrogen-bond acceptors (Lipinski definition) is 8. The van der Waals surface area contributed by atoms with E-state index in [2.05, 4.69) is 17.2 Å². The SMILES string of the molecule is C=C(C)C(O)[C@H](O)[C@@H](O)[C@@H](O)[C@H](O)C(=O)NCCNCCN. The summed E-state index contributed by atoms with van der Waals surface area (Å²) in [7, 11) is 0. The summed E-state index contributed by atoms with van der Waals surface area (Å²) in [4.78, 5) is 11.6. The van der Waals surface area contributed by atoms with Gasteiger partial charge in [0.05, 0.1) is 0 Å². The van der Waals surface area contributed by atoms with Crippen molar-refractivity contribution in [2.24, 2.45) is 5.73 Å². The first-order chi connectivity index (χ1) is 10.2. The van der Waals surface area contributed by atoms with Gasteiger partial charge in [0.1, 0.15) is 24.4 Å². The maximum atomic E-state index is 11.6. The molecule has 0 aliphatic rings. The smallest absolute Gasteiger partial charge is 0.251 e.